The number of imidazole rings is 1. The Kier molecular flexibility index (Phi) is 7.08. The van der Waals surface area contributed by atoms with E-state index in [1.165, 1.54) is 21.3 Å². The van der Waals surface area contributed by atoms with Crippen LogP contribution in [0.1, 0.15) is 44.8 Å². The van der Waals surface area contributed by atoms with Crippen LogP contribution in [0.25, 0.3) is 22.6 Å². The van der Waals surface area contributed by atoms with Crippen LogP contribution >= 0.6 is 0 Å². The van der Waals surface area contributed by atoms with Crippen molar-refractivity contribution in [3.8, 4) is 17.3 Å². The fourth-order valence-corrected chi connectivity index (χ4v) is 4.80. The maximum absolute atomic E-state index is 13.5. The lowest BCUT2D eigenvalue weighted by molar-refractivity contribution is -0.119. The van der Waals surface area contributed by atoms with Crippen LogP contribution in [0.5, 0.6) is 5.88 Å². The average molecular weight is 521 g/mol. The molecule has 10 nitrogen and oxygen atoms in total. The van der Waals surface area contributed by atoms with Crippen LogP contribution < -0.4 is 21.3 Å². The number of nitrogens with one attached hydrogen (secondary N) is 2. The monoisotopic (exact) mass is 520 g/mol. The molecule has 1 aliphatic heterocycles. The Labute approximate surface area is 217 Å². The second-order valence-electron chi connectivity index (χ2n) is 9.42. The molecule has 0 spiro atoms. The fraction of sp³-hybridized carbons (Fsp3) is 0.370. The van der Waals surface area contributed by atoms with Crippen LogP contribution in [0.2, 0.25) is 0 Å². The number of aromatic nitrogens is 5. The number of hydrogen-bond donors (Lipinski definition) is 2. The van der Waals surface area contributed by atoms with E-state index in [0.717, 1.165) is 5.56 Å². The standard InChI is InChI=1S/C27H29FN6O4/c1-3-11-33-25-22(26(36)34(12-4-2)27(33)37)31-24(32-25)17-7-10-21(30-14-17)38-23(18-13-20(35)29-15-18)16-5-8-19(28)9-6-16/h5-10,14,18,23H,3-4,11-13,15H2,1-2H3,(H,29,35)(H,31,32). The molecule has 11 heteroatoms. The Bertz CT molecular complexity index is 1570. The van der Waals surface area contributed by atoms with E-state index in [2.05, 4.69) is 20.3 Å². The maximum Gasteiger partial charge on any atom is 0.332 e. The predicted octanol–water partition coefficient (Wildman–Crippen LogP) is 3.16. The molecule has 2 unspecified atom stereocenters. The molecule has 198 valence electrons. The van der Waals surface area contributed by atoms with E-state index < -0.39 is 11.7 Å². The summed E-state index contributed by atoms with van der Waals surface area (Å²) in [5.74, 6) is 0.193. The minimum absolute atomic E-state index is 0.0570. The number of pyridine rings is 1. The number of aromatic amines is 1. The molecule has 1 amide bonds. The molecule has 1 saturated heterocycles. The van der Waals surface area contributed by atoms with Gasteiger partial charge in [-0.15, -0.1) is 0 Å². The van der Waals surface area contributed by atoms with Crippen LogP contribution in [-0.4, -0.2) is 36.5 Å². The summed E-state index contributed by atoms with van der Waals surface area (Å²) < 4.78 is 22.5. The lowest BCUT2D eigenvalue weighted by atomic mass is 9.94. The first kappa shape index (κ1) is 25.4. The van der Waals surface area contributed by atoms with Crippen molar-refractivity contribution >= 4 is 17.1 Å². The first-order valence-electron chi connectivity index (χ1n) is 12.8. The van der Waals surface area contributed by atoms with Crippen molar-refractivity contribution < 1.29 is 13.9 Å². The van der Waals surface area contributed by atoms with Gasteiger partial charge in [0.2, 0.25) is 11.8 Å². The Hall–Kier alpha value is -4.28. The van der Waals surface area contributed by atoms with Gasteiger partial charge in [0.1, 0.15) is 23.3 Å². The summed E-state index contributed by atoms with van der Waals surface area (Å²) in [5, 5.41) is 2.82. The van der Waals surface area contributed by atoms with Gasteiger partial charge in [0.15, 0.2) is 5.65 Å². The van der Waals surface area contributed by atoms with Crippen molar-refractivity contribution in [3.63, 3.8) is 0 Å². The smallest absolute Gasteiger partial charge is 0.332 e. The Morgan fingerprint density at radius 1 is 1.05 bits per heavy atom. The van der Waals surface area contributed by atoms with Crippen LogP contribution in [-0.2, 0) is 17.9 Å². The highest BCUT2D eigenvalue weighted by Crippen LogP contribution is 2.32. The third kappa shape index (κ3) is 4.83. The summed E-state index contributed by atoms with van der Waals surface area (Å²) >= 11 is 0. The topological polar surface area (TPSA) is 124 Å². The molecule has 1 aromatic carbocycles. The number of ether oxygens (including phenoxy) is 1. The molecule has 0 radical (unpaired) electrons. The van der Waals surface area contributed by atoms with Gasteiger partial charge in [-0.2, -0.15) is 0 Å². The highest BCUT2D eigenvalue weighted by atomic mass is 19.1. The number of benzene rings is 1. The van der Waals surface area contributed by atoms with Gasteiger partial charge in [0.05, 0.1) is 0 Å². The normalized spacial score (nSPS) is 16.1. The molecule has 2 N–H and O–H groups in total. The molecule has 1 aliphatic rings. The van der Waals surface area contributed by atoms with Crippen molar-refractivity contribution in [2.24, 2.45) is 5.92 Å². The molecule has 1 fully saturated rings. The van der Waals surface area contributed by atoms with Crippen LogP contribution in [0.3, 0.4) is 0 Å². The summed E-state index contributed by atoms with van der Waals surface area (Å²) in [6, 6.07) is 9.45. The number of fused-ring (bicyclic) bond motifs is 1. The minimum atomic E-state index is -0.500. The second kappa shape index (κ2) is 10.6. The molecular weight excluding hydrogens is 491 g/mol. The Morgan fingerprint density at radius 2 is 1.79 bits per heavy atom. The van der Waals surface area contributed by atoms with E-state index in [1.54, 1.807) is 30.5 Å². The zero-order valence-electron chi connectivity index (χ0n) is 21.2. The predicted molar refractivity (Wildman–Crippen MR) is 139 cm³/mol. The number of H-pyrrole nitrogens is 1. The van der Waals surface area contributed by atoms with Gasteiger partial charge >= 0.3 is 5.69 Å². The number of halogens is 1. The van der Waals surface area contributed by atoms with Gasteiger partial charge in [0, 0.05) is 49.8 Å². The number of hydrogen-bond acceptors (Lipinski definition) is 6. The Morgan fingerprint density at radius 3 is 2.42 bits per heavy atom. The van der Waals surface area contributed by atoms with Gasteiger partial charge in [-0.25, -0.2) is 19.2 Å². The number of carbonyl (C=O) groups is 1. The average Bonchev–Trinajstić information content (AvgIpc) is 3.56. The van der Waals surface area contributed by atoms with Gasteiger partial charge in [-0.05, 0) is 36.6 Å². The third-order valence-corrected chi connectivity index (χ3v) is 6.65. The molecule has 3 aromatic heterocycles. The van der Waals surface area contributed by atoms with Crippen molar-refractivity contribution in [3.05, 3.63) is 74.8 Å². The zero-order chi connectivity index (χ0) is 26.8. The zero-order valence-corrected chi connectivity index (χ0v) is 21.2. The van der Waals surface area contributed by atoms with Crippen molar-refractivity contribution in [2.75, 3.05) is 6.54 Å². The van der Waals surface area contributed by atoms with Gasteiger partial charge < -0.3 is 15.0 Å². The molecule has 38 heavy (non-hydrogen) atoms. The molecule has 2 atom stereocenters. The van der Waals surface area contributed by atoms with E-state index in [1.807, 2.05) is 13.8 Å². The number of aryl methyl sites for hydroxylation is 1. The molecular formula is C27H29FN6O4. The lowest BCUT2D eigenvalue weighted by Crippen LogP contribution is -2.40. The highest BCUT2D eigenvalue weighted by molar-refractivity contribution is 5.78. The SMILES string of the molecule is CCCn1c(=O)c2[nH]c(-c3ccc(OC(c4ccc(F)cc4)C4CNC(=O)C4)nc3)nc2n(CCC)c1=O. The van der Waals surface area contributed by atoms with Crippen LogP contribution in [0, 0.1) is 11.7 Å². The number of nitrogens with zero attached hydrogens (tertiary/aromatic N) is 4. The molecule has 4 heterocycles. The maximum atomic E-state index is 13.5. The van der Waals surface area contributed by atoms with Gasteiger partial charge in [0.25, 0.3) is 5.56 Å². The molecule has 5 rings (SSSR count). The summed E-state index contributed by atoms with van der Waals surface area (Å²) in [6.45, 7) is 5.09. The number of rotatable bonds is 9. The molecule has 0 bridgehead atoms. The van der Waals surface area contributed by atoms with E-state index in [4.69, 9.17) is 4.74 Å². The quantitative estimate of drug-likeness (QED) is 0.349. The second-order valence-corrected chi connectivity index (χ2v) is 9.42. The number of amides is 1. The Balaban J connectivity index is 1.46. The fourth-order valence-electron chi connectivity index (χ4n) is 4.80. The third-order valence-electron chi connectivity index (χ3n) is 6.65. The highest BCUT2D eigenvalue weighted by Gasteiger charge is 2.32. The lowest BCUT2D eigenvalue weighted by Gasteiger charge is -2.23. The van der Waals surface area contributed by atoms with Crippen molar-refractivity contribution in [1.82, 2.24) is 29.4 Å². The van der Waals surface area contributed by atoms with Crippen LogP contribution in [0.15, 0.2) is 52.2 Å². The molecule has 4 aromatic rings. The van der Waals surface area contributed by atoms with E-state index in [0.29, 0.717) is 61.8 Å². The van der Waals surface area contributed by atoms with Gasteiger partial charge in [-0.1, -0.05) is 26.0 Å². The first-order valence-corrected chi connectivity index (χ1v) is 12.8. The summed E-state index contributed by atoms with van der Waals surface area (Å²) in [5.41, 5.74) is 1.19. The summed E-state index contributed by atoms with van der Waals surface area (Å²) in [6.07, 6.45) is 2.74. The van der Waals surface area contributed by atoms with E-state index in [-0.39, 0.29) is 28.8 Å². The summed E-state index contributed by atoms with van der Waals surface area (Å²) in [4.78, 5) is 49.9. The van der Waals surface area contributed by atoms with E-state index >= 15 is 0 Å². The van der Waals surface area contributed by atoms with E-state index in [9.17, 15) is 18.8 Å². The van der Waals surface area contributed by atoms with Crippen molar-refractivity contribution in [2.45, 2.75) is 52.3 Å². The van der Waals surface area contributed by atoms with Crippen LogP contribution in [0.4, 0.5) is 4.39 Å². The number of carbonyl (C=O) groups excluding carboxylic acids is 1. The van der Waals surface area contributed by atoms with Crippen molar-refractivity contribution in [1.29, 1.82) is 0 Å². The van der Waals surface area contributed by atoms with Gasteiger partial charge in [-0.3, -0.25) is 18.7 Å². The molecule has 0 aliphatic carbocycles. The largest absolute Gasteiger partial charge is 0.469 e. The summed E-state index contributed by atoms with van der Waals surface area (Å²) in [7, 11) is 0. The first-order chi connectivity index (χ1) is 18.4. The molecule has 0 saturated carbocycles. The minimum Gasteiger partial charge on any atom is -0.469 e.